The summed E-state index contributed by atoms with van der Waals surface area (Å²) in [6.45, 7) is 11.7. The van der Waals surface area contributed by atoms with Gasteiger partial charge >= 0.3 is 0 Å². The SMILES string of the molecule is Cc1ccc(-c2sc(NC(C)(C)C)nc2C)cc1S(=O)(=O)NC1CCCNC1. The van der Waals surface area contributed by atoms with Crippen molar-refractivity contribution in [2.45, 2.75) is 63.9 Å². The average molecular weight is 423 g/mol. The molecule has 2 heterocycles. The molecule has 0 aliphatic carbocycles. The second-order valence-electron chi connectivity index (χ2n) is 8.45. The van der Waals surface area contributed by atoms with E-state index < -0.39 is 10.0 Å². The van der Waals surface area contributed by atoms with E-state index in [1.54, 1.807) is 17.4 Å². The summed E-state index contributed by atoms with van der Waals surface area (Å²) in [5.41, 5.74) is 2.44. The molecular weight excluding hydrogens is 392 g/mol. The highest BCUT2D eigenvalue weighted by Gasteiger charge is 2.24. The summed E-state index contributed by atoms with van der Waals surface area (Å²) < 4.78 is 28.9. The predicted molar refractivity (Wildman–Crippen MR) is 117 cm³/mol. The van der Waals surface area contributed by atoms with Crippen LogP contribution >= 0.6 is 11.3 Å². The Morgan fingerprint density at radius 3 is 2.64 bits per heavy atom. The highest BCUT2D eigenvalue weighted by molar-refractivity contribution is 7.89. The summed E-state index contributed by atoms with van der Waals surface area (Å²) in [5, 5.41) is 7.49. The lowest BCUT2D eigenvalue weighted by molar-refractivity contribution is 0.428. The maximum Gasteiger partial charge on any atom is 0.241 e. The minimum atomic E-state index is -3.58. The van der Waals surface area contributed by atoms with Crippen LogP contribution in [0.1, 0.15) is 44.9 Å². The largest absolute Gasteiger partial charge is 0.357 e. The van der Waals surface area contributed by atoms with Gasteiger partial charge in [-0.25, -0.2) is 18.1 Å². The lowest BCUT2D eigenvalue weighted by atomic mass is 10.1. The van der Waals surface area contributed by atoms with Gasteiger partial charge < -0.3 is 10.6 Å². The highest BCUT2D eigenvalue weighted by atomic mass is 32.2. The fourth-order valence-electron chi connectivity index (χ4n) is 3.30. The van der Waals surface area contributed by atoms with E-state index in [2.05, 4.69) is 41.1 Å². The van der Waals surface area contributed by atoms with E-state index in [0.717, 1.165) is 46.2 Å². The number of aromatic nitrogens is 1. The van der Waals surface area contributed by atoms with Crippen LogP contribution in [-0.4, -0.2) is 38.1 Å². The third kappa shape index (κ3) is 5.11. The molecule has 28 heavy (non-hydrogen) atoms. The lowest BCUT2D eigenvalue weighted by Gasteiger charge is -2.24. The molecule has 0 radical (unpaired) electrons. The second-order valence-corrected chi connectivity index (χ2v) is 11.1. The van der Waals surface area contributed by atoms with Crippen molar-refractivity contribution in [2.75, 3.05) is 18.4 Å². The van der Waals surface area contributed by atoms with E-state index >= 15 is 0 Å². The third-order valence-corrected chi connectivity index (χ3v) is 7.42. The van der Waals surface area contributed by atoms with Crippen LogP contribution in [0.2, 0.25) is 0 Å². The number of hydrogen-bond acceptors (Lipinski definition) is 6. The number of sulfonamides is 1. The third-order valence-electron chi connectivity index (χ3n) is 4.64. The van der Waals surface area contributed by atoms with Crippen molar-refractivity contribution in [1.82, 2.24) is 15.0 Å². The van der Waals surface area contributed by atoms with Crippen LogP contribution in [0.5, 0.6) is 0 Å². The first-order valence-corrected chi connectivity index (χ1v) is 11.9. The summed E-state index contributed by atoms with van der Waals surface area (Å²) in [4.78, 5) is 5.94. The first-order chi connectivity index (χ1) is 13.0. The molecule has 3 N–H and O–H groups in total. The van der Waals surface area contributed by atoms with Gasteiger partial charge in [0.2, 0.25) is 10.0 Å². The Morgan fingerprint density at radius 1 is 1.25 bits per heavy atom. The number of nitrogens with one attached hydrogen (secondary N) is 3. The average Bonchev–Trinajstić information content (AvgIpc) is 2.94. The molecule has 0 spiro atoms. The molecule has 1 aliphatic heterocycles. The van der Waals surface area contributed by atoms with Crippen LogP contribution in [0, 0.1) is 13.8 Å². The Labute approximate surface area is 172 Å². The molecule has 3 rings (SSSR count). The predicted octanol–water partition coefficient (Wildman–Crippen LogP) is 3.67. The summed E-state index contributed by atoms with van der Waals surface area (Å²) in [6.07, 6.45) is 1.84. The molecule has 0 amide bonds. The Kier molecular flexibility index (Phi) is 6.14. The zero-order valence-electron chi connectivity index (χ0n) is 17.2. The molecule has 1 unspecified atom stereocenters. The summed E-state index contributed by atoms with van der Waals surface area (Å²) in [5.74, 6) is 0. The Hall–Kier alpha value is -1.48. The molecule has 2 aromatic rings. The molecule has 1 saturated heterocycles. The van der Waals surface area contributed by atoms with E-state index in [9.17, 15) is 8.42 Å². The van der Waals surface area contributed by atoms with Crippen molar-refractivity contribution in [3.8, 4) is 10.4 Å². The fraction of sp³-hybridized carbons (Fsp3) is 0.550. The van der Waals surface area contributed by atoms with Crippen molar-refractivity contribution >= 4 is 26.5 Å². The van der Waals surface area contributed by atoms with Gasteiger partial charge in [0.15, 0.2) is 5.13 Å². The van der Waals surface area contributed by atoms with E-state index in [4.69, 9.17) is 0 Å². The van der Waals surface area contributed by atoms with Crippen LogP contribution in [0.4, 0.5) is 5.13 Å². The fourth-order valence-corrected chi connectivity index (χ4v) is 6.02. The molecule has 154 valence electrons. The van der Waals surface area contributed by atoms with Crippen molar-refractivity contribution < 1.29 is 8.42 Å². The van der Waals surface area contributed by atoms with Gasteiger partial charge in [0.1, 0.15) is 0 Å². The zero-order valence-corrected chi connectivity index (χ0v) is 18.9. The monoisotopic (exact) mass is 422 g/mol. The number of aryl methyl sites for hydroxylation is 2. The maximum absolute atomic E-state index is 13.0. The molecule has 8 heteroatoms. The maximum atomic E-state index is 13.0. The van der Waals surface area contributed by atoms with Crippen LogP contribution in [0.3, 0.4) is 0 Å². The van der Waals surface area contributed by atoms with Crippen LogP contribution in [-0.2, 0) is 10.0 Å². The summed E-state index contributed by atoms with van der Waals surface area (Å²) >= 11 is 1.55. The van der Waals surface area contributed by atoms with E-state index in [-0.39, 0.29) is 11.6 Å². The Bertz CT molecular complexity index is 940. The molecule has 1 aliphatic rings. The molecule has 1 fully saturated rings. The van der Waals surface area contributed by atoms with Crippen molar-refractivity contribution in [3.05, 3.63) is 29.5 Å². The van der Waals surface area contributed by atoms with Crippen LogP contribution in [0.25, 0.3) is 10.4 Å². The van der Waals surface area contributed by atoms with Crippen LogP contribution in [0.15, 0.2) is 23.1 Å². The minimum Gasteiger partial charge on any atom is -0.357 e. The number of benzene rings is 1. The first kappa shape index (κ1) is 21.2. The number of nitrogens with zero attached hydrogens (tertiary/aromatic N) is 1. The molecule has 1 aromatic heterocycles. The molecule has 1 aromatic carbocycles. The van der Waals surface area contributed by atoms with Crippen molar-refractivity contribution in [1.29, 1.82) is 0 Å². The number of hydrogen-bond donors (Lipinski definition) is 3. The standard InChI is InChI=1S/C20H30N4O2S2/c1-13-8-9-15(18-14(2)22-19(27-18)23-20(3,4)5)11-17(13)28(25,26)24-16-7-6-10-21-12-16/h8-9,11,16,21,24H,6-7,10,12H2,1-5H3,(H,22,23). The molecule has 1 atom stereocenters. The second kappa shape index (κ2) is 8.10. The van der Waals surface area contributed by atoms with Gasteiger partial charge in [0, 0.05) is 18.1 Å². The summed E-state index contributed by atoms with van der Waals surface area (Å²) in [7, 11) is -3.58. The van der Waals surface area contributed by atoms with E-state index in [1.807, 2.05) is 26.0 Å². The molecule has 0 saturated carbocycles. The molecular formula is C20H30N4O2S2. The number of thiazole rings is 1. The minimum absolute atomic E-state index is 0.0606. The smallest absolute Gasteiger partial charge is 0.241 e. The van der Waals surface area contributed by atoms with Gasteiger partial charge in [-0.3, -0.25) is 0 Å². The molecule has 0 bridgehead atoms. The number of anilines is 1. The van der Waals surface area contributed by atoms with Gasteiger partial charge in [-0.15, -0.1) is 0 Å². The number of rotatable bonds is 5. The first-order valence-electron chi connectivity index (χ1n) is 9.65. The highest BCUT2D eigenvalue weighted by Crippen LogP contribution is 2.35. The van der Waals surface area contributed by atoms with E-state index in [0.29, 0.717) is 11.4 Å². The molecule has 6 nitrogen and oxygen atoms in total. The Morgan fingerprint density at radius 2 is 2.00 bits per heavy atom. The van der Waals surface area contributed by atoms with Crippen molar-refractivity contribution in [3.63, 3.8) is 0 Å². The lowest BCUT2D eigenvalue weighted by Crippen LogP contribution is -2.45. The number of piperidine rings is 1. The quantitative estimate of drug-likeness (QED) is 0.685. The van der Waals surface area contributed by atoms with Gasteiger partial charge in [0.25, 0.3) is 0 Å². The van der Waals surface area contributed by atoms with Gasteiger partial charge in [0.05, 0.1) is 15.5 Å². The topological polar surface area (TPSA) is 83.1 Å². The van der Waals surface area contributed by atoms with Crippen molar-refractivity contribution in [2.24, 2.45) is 0 Å². The van der Waals surface area contributed by atoms with E-state index in [1.165, 1.54) is 0 Å². The van der Waals surface area contributed by atoms with Gasteiger partial charge in [-0.05, 0) is 71.2 Å². The normalized spacial score (nSPS) is 18.2. The van der Waals surface area contributed by atoms with Crippen LogP contribution < -0.4 is 15.4 Å². The summed E-state index contributed by atoms with van der Waals surface area (Å²) in [6, 6.07) is 5.56. The zero-order chi connectivity index (χ0) is 20.5. The van der Waals surface area contributed by atoms with Gasteiger partial charge in [-0.1, -0.05) is 23.5 Å². The Balaban J connectivity index is 1.91. The van der Waals surface area contributed by atoms with Gasteiger partial charge in [-0.2, -0.15) is 0 Å².